The normalized spacial score (nSPS) is 11.1. The summed E-state index contributed by atoms with van der Waals surface area (Å²) < 4.78 is 5.74. The van der Waals surface area contributed by atoms with Gasteiger partial charge in [0, 0.05) is 16.7 Å². The summed E-state index contributed by atoms with van der Waals surface area (Å²) in [6, 6.07) is 19.3. The van der Waals surface area contributed by atoms with Crippen LogP contribution in [0.25, 0.3) is 6.08 Å². The van der Waals surface area contributed by atoms with Crippen LogP contribution in [0.3, 0.4) is 0 Å². The van der Waals surface area contributed by atoms with E-state index in [9.17, 15) is 10.1 Å². The van der Waals surface area contributed by atoms with E-state index in [0.717, 1.165) is 16.0 Å². The number of rotatable bonds is 5. The van der Waals surface area contributed by atoms with Gasteiger partial charge in [0.25, 0.3) is 5.91 Å². The number of nitrogens with one attached hydrogen (secondary N) is 1. The van der Waals surface area contributed by atoms with Crippen molar-refractivity contribution in [3.63, 3.8) is 0 Å². The molecule has 1 aromatic heterocycles. The van der Waals surface area contributed by atoms with E-state index >= 15 is 0 Å². The first kappa shape index (κ1) is 19.5. The number of anilines is 1. The van der Waals surface area contributed by atoms with Crippen LogP contribution in [0, 0.1) is 32.1 Å². The number of hydrogen-bond donors (Lipinski definition) is 1. The third kappa shape index (κ3) is 4.93. The molecule has 0 aliphatic carbocycles. The third-order valence-corrected chi connectivity index (χ3v) is 5.19. The van der Waals surface area contributed by atoms with Crippen molar-refractivity contribution >= 4 is 29.4 Å². The molecule has 0 aliphatic rings. The Hall–Kier alpha value is -3.23. The predicted molar refractivity (Wildman–Crippen MR) is 112 cm³/mol. The molecule has 0 bridgehead atoms. The van der Waals surface area contributed by atoms with E-state index in [1.165, 1.54) is 23.4 Å². The van der Waals surface area contributed by atoms with E-state index in [-0.39, 0.29) is 5.57 Å². The van der Waals surface area contributed by atoms with Crippen molar-refractivity contribution in [2.75, 3.05) is 5.32 Å². The Bertz CT molecular complexity index is 1070. The van der Waals surface area contributed by atoms with E-state index < -0.39 is 5.91 Å². The molecule has 3 rings (SSSR count). The second-order valence-corrected chi connectivity index (χ2v) is 7.57. The van der Waals surface area contributed by atoms with Crippen LogP contribution in [0.5, 0.6) is 0 Å². The number of furan rings is 1. The van der Waals surface area contributed by atoms with Crippen LogP contribution < -0.4 is 5.32 Å². The lowest BCUT2D eigenvalue weighted by Crippen LogP contribution is -2.13. The van der Waals surface area contributed by atoms with E-state index in [4.69, 9.17) is 4.42 Å². The van der Waals surface area contributed by atoms with Gasteiger partial charge in [0.05, 0.1) is 0 Å². The molecule has 28 heavy (non-hydrogen) atoms. The number of nitrogens with zero attached hydrogens (tertiary/aromatic N) is 1. The number of carbonyl (C=O) groups is 1. The first-order chi connectivity index (χ1) is 13.4. The molecule has 0 aliphatic heterocycles. The van der Waals surface area contributed by atoms with Crippen molar-refractivity contribution < 1.29 is 9.21 Å². The topological polar surface area (TPSA) is 66.0 Å². The Kier molecular flexibility index (Phi) is 6.03. The molecule has 2 aromatic carbocycles. The summed E-state index contributed by atoms with van der Waals surface area (Å²) in [7, 11) is 0. The molecule has 0 unspecified atom stereocenters. The summed E-state index contributed by atoms with van der Waals surface area (Å²) in [5.41, 5.74) is 4.05. The average Bonchev–Trinajstić information content (AvgIpc) is 3.11. The average molecular weight is 388 g/mol. The van der Waals surface area contributed by atoms with Crippen LogP contribution in [0.4, 0.5) is 5.69 Å². The number of carbonyl (C=O) groups excluding carboxylic acids is 1. The maximum absolute atomic E-state index is 12.4. The molecule has 140 valence electrons. The first-order valence-corrected chi connectivity index (χ1v) is 9.61. The van der Waals surface area contributed by atoms with E-state index in [2.05, 4.69) is 5.32 Å². The number of hydrogen-bond acceptors (Lipinski definition) is 4. The lowest BCUT2D eigenvalue weighted by molar-refractivity contribution is -0.112. The molecule has 5 heteroatoms. The van der Waals surface area contributed by atoms with Crippen LogP contribution in [0.2, 0.25) is 0 Å². The molecule has 0 saturated heterocycles. The molecular formula is C23H20N2O2S. The Labute approximate surface area is 168 Å². The smallest absolute Gasteiger partial charge is 0.266 e. The van der Waals surface area contributed by atoms with Gasteiger partial charge in [-0.2, -0.15) is 5.26 Å². The maximum Gasteiger partial charge on any atom is 0.266 e. The SMILES string of the molecule is Cc1ccc(Sc2ccc(/C=C(/C#N)C(=O)Nc3ccc(C)c(C)c3)o2)cc1. The van der Waals surface area contributed by atoms with Gasteiger partial charge in [-0.1, -0.05) is 35.5 Å². The quantitative estimate of drug-likeness (QED) is 0.436. The van der Waals surface area contributed by atoms with Gasteiger partial charge in [-0.05, 0) is 68.3 Å². The minimum atomic E-state index is -0.463. The molecule has 0 radical (unpaired) electrons. The zero-order valence-corrected chi connectivity index (χ0v) is 16.8. The molecule has 4 nitrogen and oxygen atoms in total. The van der Waals surface area contributed by atoms with E-state index in [0.29, 0.717) is 16.5 Å². The fraction of sp³-hybridized carbons (Fsp3) is 0.130. The van der Waals surface area contributed by atoms with Crippen LogP contribution in [0.1, 0.15) is 22.5 Å². The Morgan fingerprint density at radius 3 is 2.46 bits per heavy atom. The van der Waals surface area contributed by atoms with Gasteiger partial charge >= 0.3 is 0 Å². The second-order valence-electron chi connectivity index (χ2n) is 6.49. The molecule has 0 spiro atoms. The highest BCUT2D eigenvalue weighted by Gasteiger charge is 2.12. The summed E-state index contributed by atoms with van der Waals surface area (Å²) in [6.07, 6.45) is 1.45. The minimum absolute atomic E-state index is 0.0144. The molecule has 1 amide bonds. The molecule has 3 aromatic rings. The molecule has 1 N–H and O–H groups in total. The van der Waals surface area contributed by atoms with Gasteiger partial charge in [0.2, 0.25) is 0 Å². The summed E-state index contributed by atoms with van der Waals surface area (Å²) >= 11 is 1.49. The lowest BCUT2D eigenvalue weighted by Gasteiger charge is -2.06. The van der Waals surface area contributed by atoms with E-state index in [1.807, 2.05) is 75.4 Å². The van der Waals surface area contributed by atoms with Crippen LogP contribution >= 0.6 is 11.8 Å². The standard InChI is InChI=1S/C23H20N2O2S/c1-15-4-9-21(10-5-15)28-22-11-8-20(27-22)13-18(14-24)23(26)25-19-7-6-16(2)17(3)12-19/h4-13H,1-3H3,(H,25,26)/b18-13-. The van der Waals surface area contributed by atoms with Crippen molar-refractivity contribution in [1.82, 2.24) is 0 Å². The van der Waals surface area contributed by atoms with E-state index in [1.54, 1.807) is 6.07 Å². The zero-order chi connectivity index (χ0) is 20.1. The fourth-order valence-electron chi connectivity index (χ4n) is 2.50. The van der Waals surface area contributed by atoms with Crippen LogP contribution in [-0.4, -0.2) is 5.91 Å². The maximum atomic E-state index is 12.4. The highest BCUT2D eigenvalue weighted by molar-refractivity contribution is 7.99. The van der Waals surface area contributed by atoms with Crippen LogP contribution in [-0.2, 0) is 4.79 Å². The number of nitriles is 1. The summed E-state index contributed by atoms with van der Waals surface area (Å²) in [5, 5.41) is 12.8. The number of benzene rings is 2. The van der Waals surface area contributed by atoms with Crippen molar-refractivity contribution in [3.8, 4) is 6.07 Å². The van der Waals surface area contributed by atoms with Crippen molar-refractivity contribution in [1.29, 1.82) is 5.26 Å². The van der Waals surface area contributed by atoms with Gasteiger partial charge in [-0.25, -0.2) is 0 Å². The van der Waals surface area contributed by atoms with Gasteiger partial charge in [0.1, 0.15) is 17.4 Å². The molecule has 0 fully saturated rings. The monoisotopic (exact) mass is 388 g/mol. The molecule has 1 heterocycles. The fourth-order valence-corrected chi connectivity index (χ4v) is 3.28. The predicted octanol–water partition coefficient (Wildman–Crippen LogP) is 5.90. The summed E-state index contributed by atoms with van der Waals surface area (Å²) in [6.45, 7) is 6.02. The number of amides is 1. The van der Waals surface area contributed by atoms with Gasteiger partial charge in [0.15, 0.2) is 5.09 Å². The second kappa shape index (κ2) is 8.64. The summed E-state index contributed by atoms with van der Waals surface area (Å²) in [4.78, 5) is 13.5. The molecular weight excluding hydrogens is 368 g/mol. The van der Waals surface area contributed by atoms with Gasteiger partial charge < -0.3 is 9.73 Å². The van der Waals surface area contributed by atoms with Crippen molar-refractivity contribution in [2.45, 2.75) is 30.8 Å². The van der Waals surface area contributed by atoms with Crippen molar-refractivity contribution in [3.05, 3.63) is 82.6 Å². The largest absolute Gasteiger partial charge is 0.450 e. The Morgan fingerprint density at radius 1 is 1.04 bits per heavy atom. The van der Waals surface area contributed by atoms with Crippen LogP contribution in [0.15, 0.2) is 74.6 Å². The lowest BCUT2D eigenvalue weighted by atomic mass is 10.1. The zero-order valence-electron chi connectivity index (χ0n) is 15.9. The Balaban J connectivity index is 1.72. The summed E-state index contributed by atoms with van der Waals surface area (Å²) in [5.74, 6) is -0.00344. The molecule has 0 saturated carbocycles. The van der Waals surface area contributed by atoms with Gasteiger partial charge in [-0.3, -0.25) is 4.79 Å². The minimum Gasteiger partial charge on any atom is -0.450 e. The molecule has 0 atom stereocenters. The number of aryl methyl sites for hydroxylation is 3. The first-order valence-electron chi connectivity index (χ1n) is 8.79. The Morgan fingerprint density at radius 2 is 1.79 bits per heavy atom. The van der Waals surface area contributed by atoms with Crippen molar-refractivity contribution in [2.24, 2.45) is 0 Å². The van der Waals surface area contributed by atoms with Gasteiger partial charge in [-0.15, -0.1) is 0 Å². The highest BCUT2D eigenvalue weighted by atomic mass is 32.2. The highest BCUT2D eigenvalue weighted by Crippen LogP contribution is 2.30. The third-order valence-electron chi connectivity index (χ3n) is 4.26.